The summed E-state index contributed by atoms with van der Waals surface area (Å²) in [6.07, 6.45) is 2.73. The van der Waals surface area contributed by atoms with Crippen LogP contribution in [0.15, 0.2) is 21.4 Å². The van der Waals surface area contributed by atoms with Gasteiger partial charge in [-0.15, -0.1) is 0 Å². The summed E-state index contributed by atoms with van der Waals surface area (Å²) in [5.41, 5.74) is 0.568. The zero-order valence-electron chi connectivity index (χ0n) is 7.92. The van der Waals surface area contributed by atoms with E-state index in [1.54, 1.807) is 6.07 Å². The Kier molecular flexibility index (Phi) is 2.63. The zero-order chi connectivity index (χ0) is 10.1. The van der Waals surface area contributed by atoms with Crippen LogP contribution in [0.4, 0.5) is 0 Å². The van der Waals surface area contributed by atoms with Crippen LogP contribution in [-0.2, 0) is 0 Å². The normalized spacial score (nSPS) is 24.7. The number of hydrogen-bond donors (Lipinski definition) is 1. The molecule has 0 spiro atoms. The molecule has 1 N–H and O–H groups in total. The molecule has 1 amide bonds. The first-order valence-electron chi connectivity index (χ1n) is 4.69. The maximum absolute atomic E-state index is 11.6. The molecule has 14 heavy (non-hydrogen) atoms. The molecule has 1 saturated carbocycles. The highest BCUT2D eigenvalue weighted by Crippen LogP contribution is 2.36. The zero-order valence-corrected chi connectivity index (χ0v) is 9.50. The summed E-state index contributed by atoms with van der Waals surface area (Å²) in [7, 11) is 0. The minimum atomic E-state index is -0.0651. The van der Waals surface area contributed by atoms with Crippen LogP contribution in [0, 0.1) is 11.8 Å². The Labute approximate surface area is 91.0 Å². The monoisotopic (exact) mass is 257 g/mol. The number of carbonyl (C=O) groups excluding carboxylic acids is 1. The van der Waals surface area contributed by atoms with Gasteiger partial charge in [-0.3, -0.25) is 4.79 Å². The van der Waals surface area contributed by atoms with E-state index in [1.807, 2.05) is 0 Å². The lowest BCUT2D eigenvalue weighted by molar-refractivity contribution is 0.0949. The van der Waals surface area contributed by atoms with E-state index < -0.39 is 0 Å². The molecular weight excluding hydrogens is 246 g/mol. The van der Waals surface area contributed by atoms with E-state index in [-0.39, 0.29) is 5.91 Å². The summed E-state index contributed by atoms with van der Waals surface area (Å²) in [6, 6.07) is 1.66. The molecule has 2 atom stereocenters. The number of carbonyl (C=O) groups is 1. The van der Waals surface area contributed by atoms with Crippen LogP contribution in [0.2, 0.25) is 0 Å². The number of halogens is 1. The molecule has 1 aromatic heterocycles. The molecule has 1 aliphatic carbocycles. The van der Waals surface area contributed by atoms with Gasteiger partial charge in [-0.2, -0.15) is 0 Å². The van der Waals surface area contributed by atoms with E-state index in [1.165, 1.54) is 12.7 Å². The van der Waals surface area contributed by atoms with Crippen molar-refractivity contribution in [3.63, 3.8) is 0 Å². The second-order valence-electron chi connectivity index (χ2n) is 3.79. The lowest BCUT2D eigenvalue weighted by atomic mass is 10.3. The molecular formula is C10H12BrNO2. The highest BCUT2D eigenvalue weighted by atomic mass is 79.9. The summed E-state index contributed by atoms with van der Waals surface area (Å²) in [6.45, 7) is 2.97. The van der Waals surface area contributed by atoms with Gasteiger partial charge < -0.3 is 9.73 Å². The van der Waals surface area contributed by atoms with Gasteiger partial charge in [0.1, 0.15) is 0 Å². The molecule has 1 fully saturated rings. The van der Waals surface area contributed by atoms with Gasteiger partial charge in [0.25, 0.3) is 5.91 Å². The fourth-order valence-electron chi connectivity index (χ4n) is 1.46. The molecule has 76 valence electrons. The molecule has 0 aromatic carbocycles. The van der Waals surface area contributed by atoms with Gasteiger partial charge in [-0.25, -0.2) is 0 Å². The first-order chi connectivity index (χ1) is 6.68. The van der Waals surface area contributed by atoms with Crippen molar-refractivity contribution in [3.8, 4) is 0 Å². The molecule has 3 nitrogen and oxygen atoms in total. The van der Waals surface area contributed by atoms with Gasteiger partial charge in [0.15, 0.2) is 4.67 Å². The van der Waals surface area contributed by atoms with Crippen molar-refractivity contribution in [2.45, 2.75) is 13.3 Å². The van der Waals surface area contributed by atoms with Crippen LogP contribution in [0.3, 0.4) is 0 Å². The number of rotatable bonds is 3. The van der Waals surface area contributed by atoms with Crippen LogP contribution in [0.5, 0.6) is 0 Å². The van der Waals surface area contributed by atoms with Gasteiger partial charge in [0.2, 0.25) is 0 Å². The largest absolute Gasteiger partial charge is 0.457 e. The highest BCUT2D eigenvalue weighted by Gasteiger charge is 2.32. The Balaban J connectivity index is 1.87. The van der Waals surface area contributed by atoms with Gasteiger partial charge in [-0.05, 0) is 40.3 Å². The number of furan rings is 1. The van der Waals surface area contributed by atoms with Crippen molar-refractivity contribution in [1.29, 1.82) is 0 Å². The quantitative estimate of drug-likeness (QED) is 0.904. The maximum Gasteiger partial charge on any atom is 0.255 e. The second-order valence-corrected chi connectivity index (χ2v) is 4.51. The Morgan fingerprint density at radius 1 is 1.79 bits per heavy atom. The molecule has 1 aliphatic rings. The molecule has 1 aromatic rings. The molecule has 1 heterocycles. The molecule has 0 saturated heterocycles. The van der Waals surface area contributed by atoms with Gasteiger partial charge >= 0.3 is 0 Å². The average molecular weight is 258 g/mol. The van der Waals surface area contributed by atoms with Crippen LogP contribution >= 0.6 is 15.9 Å². The minimum Gasteiger partial charge on any atom is -0.457 e. The molecule has 0 aliphatic heterocycles. The van der Waals surface area contributed by atoms with Crippen LogP contribution in [0.1, 0.15) is 23.7 Å². The number of amides is 1. The number of nitrogens with one attached hydrogen (secondary N) is 1. The molecule has 2 rings (SSSR count). The van der Waals surface area contributed by atoms with Gasteiger partial charge in [0, 0.05) is 6.54 Å². The second kappa shape index (κ2) is 3.77. The Hall–Kier alpha value is -0.770. The predicted octanol–water partition coefficient (Wildman–Crippen LogP) is 2.43. The Morgan fingerprint density at radius 2 is 2.50 bits per heavy atom. The summed E-state index contributed by atoms with van der Waals surface area (Å²) in [5.74, 6) is 1.37. The third-order valence-electron chi connectivity index (χ3n) is 2.66. The van der Waals surface area contributed by atoms with E-state index in [9.17, 15) is 4.79 Å². The first-order valence-corrected chi connectivity index (χ1v) is 5.49. The highest BCUT2D eigenvalue weighted by molar-refractivity contribution is 9.10. The van der Waals surface area contributed by atoms with E-state index in [2.05, 4.69) is 28.2 Å². The SMILES string of the molecule is CC1CC1CNC(=O)c1ccoc1Br. The van der Waals surface area contributed by atoms with Crippen molar-refractivity contribution in [2.75, 3.05) is 6.54 Å². The summed E-state index contributed by atoms with van der Waals surface area (Å²) >= 11 is 3.17. The van der Waals surface area contributed by atoms with Crippen LogP contribution in [0.25, 0.3) is 0 Å². The van der Waals surface area contributed by atoms with E-state index in [0.29, 0.717) is 16.2 Å². The molecule has 0 radical (unpaired) electrons. The number of hydrogen-bond acceptors (Lipinski definition) is 2. The van der Waals surface area contributed by atoms with Crippen LogP contribution < -0.4 is 5.32 Å². The Bertz CT molecular complexity index is 348. The van der Waals surface area contributed by atoms with E-state index in [0.717, 1.165) is 12.5 Å². The van der Waals surface area contributed by atoms with Crippen LogP contribution in [-0.4, -0.2) is 12.5 Å². The van der Waals surface area contributed by atoms with Crippen molar-refractivity contribution in [3.05, 3.63) is 22.6 Å². The average Bonchev–Trinajstić information content (AvgIpc) is 2.67. The summed E-state index contributed by atoms with van der Waals surface area (Å²) < 4.78 is 5.48. The molecule has 0 bridgehead atoms. The minimum absolute atomic E-state index is 0.0651. The third-order valence-corrected chi connectivity index (χ3v) is 3.28. The first kappa shape index (κ1) is 9.77. The third kappa shape index (κ3) is 2.00. The van der Waals surface area contributed by atoms with E-state index in [4.69, 9.17) is 4.42 Å². The molecule has 4 heteroatoms. The Morgan fingerprint density at radius 3 is 3.00 bits per heavy atom. The van der Waals surface area contributed by atoms with E-state index >= 15 is 0 Å². The van der Waals surface area contributed by atoms with Crippen molar-refractivity contribution in [2.24, 2.45) is 11.8 Å². The predicted molar refractivity (Wildman–Crippen MR) is 56.0 cm³/mol. The van der Waals surface area contributed by atoms with Crippen molar-refractivity contribution < 1.29 is 9.21 Å². The fraction of sp³-hybridized carbons (Fsp3) is 0.500. The smallest absolute Gasteiger partial charge is 0.255 e. The van der Waals surface area contributed by atoms with Crippen molar-refractivity contribution >= 4 is 21.8 Å². The topological polar surface area (TPSA) is 42.2 Å². The standard InChI is InChI=1S/C10H12BrNO2/c1-6-4-7(6)5-12-10(13)8-2-3-14-9(8)11/h2-3,6-7H,4-5H2,1H3,(H,12,13). The van der Waals surface area contributed by atoms with Gasteiger partial charge in [0.05, 0.1) is 11.8 Å². The lowest BCUT2D eigenvalue weighted by Gasteiger charge is -2.01. The fourth-order valence-corrected chi connectivity index (χ4v) is 1.88. The van der Waals surface area contributed by atoms with Gasteiger partial charge in [-0.1, -0.05) is 6.92 Å². The summed E-state index contributed by atoms with van der Waals surface area (Å²) in [5, 5.41) is 2.89. The lowest BCUT2D eigenvalue weighted by Crippen LogP contribution is -2.25. The molecule has 2 unspecified atom stereocenters. The van der Waals surface area contributed by atoms with Crippen molar-refractivity contribution in [1.82, 2.24) is 5.32 Å². The summed E-state index contributed by atoms with van der Waals surface area (Å²) in [4.78, 5) is 11.6. The maximum atomic E-state index is 11.6.